The highest BCUT2D eigenvalue weighted by molar-refractivity contribution is 5.86. The standard InChI is InChI=1S/C41H49N3O14/c1-27(45)55-37(26-54-41(31-10-8-7-9-11-31,32-12-16-34(50-5)17-13-32)33-14-18-35(51-6)19-15-33)39(57-29(3)47)40(58-30(4)48)38(56-28(2)46)36(49)20-22-52-24-25-53-23-21-43-44-42/h7-19,37-40H,20-26H2,1-6H3/t37-,38+,39+,40-/m1/s1. The van der Waals surface area contributed by atoms with Crippen LogP contribution in [-0.4, -0.2) is 108 Å². The Balaban J connectivity index is 2.12. The van der Waals surface area contributed by atoms with Gasteiger partial charge in [0.15, 0.2) is 24.1 Å². The summed E-state index contributed by atoms with van der Waals surface area (Å²) in [4.78, 5) is 67.1. The zero-order chi connectivity index (χ0) is 42.5. The van der Waals surface area contributed by atoms with Crippen LogP contribution in [0.3, 0.4) is 0 Å². The van der Waals surface area contributed by atoms with Gasteiger partial charge in [0.1, 0.15) is 17.1 Å². The molecule has 0 spiro atoms. The molecule has 0 aliphatic carbocycles. The second-order valence-electron chi connectivity index (χ2n) is 12.5. The van der Waals surface area contributed by atoms with Crippen molar-refractivity contribution < 1.29 is 66.6 Å². The Bertz CT molecular complexity index is 1790. The third-order valence-corrected chi connectivity index (χ3v) is 8.42. The number of nitrogens with zero attached hydrogens (tertiary/aromatic N) is 3. The van der Waals surface area contributed by atoms with Crippen molar-refractivity contribution in [2.24, 2.45) is 5.11 Å². The molecule has 0 fully saturated rings. The van der Waals surface area contributed by atoms with Crippen molar-refractivity contribution in [3.63, 3.8) is 0 Å². The lowest BCUT2D eigenvalue weighted by atomic mass is 9.80. The fourth-order valence-electron chi connectivity index (χ4n) is 6.01. The number of azide groups is 1. The maximum atomic E-state index is 13.8. The van der Waals surface area contributed by atoms with E-state index in [0.29, 0.717) is 28.2 Å². The summed E-state index contributed by atoms with van der Waals surface area (Å²) in [7, 11) is 3.07. The second-order valence-corrected chi connectivity index (χ2v) is 12.5. The Morgan fingerprint density at radius 3 is 1.59 bits per heavy atom. The number of rotatable bonds is 25. The van der Waals surface area contributed by atoms with E-state index in [-0.39, 0.29) is 39.4 Å². The van der Waals surface area contributed by atoms with Gasteiger partial charge in [-0.05, 0) is 46.5 Å². The molecule has 0 bridgehead atoms. The molecule has 17 heteroatoms. The molecule has 0 amide bonds. The normalized spacial score (nSPS) is 13.1. The number of hydrogen-bond donors (Lipinski definition) is 0. The molecule has 0 aliphatic heterocycles. The lowest BCUT2D eigenvalue weighted by Crippen LogP contribution is -2.55. The fourth-order valence-corrected chi connectivity index (χ4v) is 6.01. The van der Waals surface area contributed by atoms with E-state index in [2.05, 4.69) is 10.0 Å². The van der Waals surface area contributed by atoms with Crippen molar-refractivity contribution in [1.29, 1.82) is 0 Å². The minimum absolute atomic E-state index is 0.0721. The molecular formula is C41H49N3O14. The smallest absolute Gasteiger partial charge is 0.303 e. The van der Waals surface area contributed by atoms with Crippen LogP contribution in [0.4, 0.5) is 0 Å². The molecule has 0 saturated carbocycles. The molecule has 58 heavy (non-hydrogen) atoms. The Kier molecular flexibility index (Phi) is 19.1. The van der Waals surface area contributed by atoms with Crippen LogP contribution in [0.5, 0.6) is 11.5 Å². The van der Waals surface area contributed by atoms with Crippen molar-refractivity contribution >= 4 is 29.7 Å². The molecule has 0 N–H and O–H groups in total. The maximum Gasteiger partial charge on any atom is 0.303 e. The van der Waals surface area contributed by atoms with E-state index in [1.54, 1.807) is 48.5 Å². The molecule has 0 saturated heterocycles. The molecule has 0 radical (unpaired) electrons. The summed E-state index contributed by atoms with van der Waals surface area (Å²) in [5.74, 6) is -3.22. The molecule has 4 atom stereocenters. The summed E-state index contributed by atoms with van der Waals surface area (Å²) in [5.41, 5.74) is 8.78. The van der Waals surface area contributed by atoms with Crippen LogP contribution in [0.1, 0.15) is 50.8 Å². The number of ketones is 1. The van der Waals surface area contributed by atoms with Gasteiger partial charge >= 0.3 is 23.9 Å². The number of benzene rings is 3. The number of Topliss-reactive ketones (excluding diaryl/α,β-unsaturated/α-hetero) is 1. The summed E-state index contributed by atoms with van der Waals surface area (Å²) in [6.45, 7) is 4.08. The SMILES string of the molecule is COc1ccc(C(OC[C@@H](OC(C)=O)[C@H](OC(C)=O)[C@H](OC(C)=O)[C@@H](OC(C)=O)C(=O)CCOCCOCCN=[N+]=[N-])(c2ccccc2)c2ccc(OC)cc2)cc1. The van der Waals surface area contributed by atoms with Crippen LogP contribution in [0.2, 0.25) is 0 Å². The molecule has 0 aliphatic rings. The van der Waals surface area contributed by atoms with E-state index in [1.165, 1.54) is 14.2 Å². The van der Waals surface area contributed by atoms with Gasteiger partial charge in [-0.2, -0.15) is 0 Å². The molecule has 0 heterocycles. The van der Waals surface area contributed by atoms with Gasteiger partial charge in [0.2, 0.25) is 6.10 Å². The van der Waals surface area contributed by atoms with Crippen molar-refractivity contribution in [2.45, 2.75) is 64.1 Å². The van der Waals surface area contributed by atoms with Crippen LogP contribution in [0, 0.1) is 0 Å². The van der Waals surface area contributed by atoms with E-state index in [9.17, 15) is 24.0 Å². The highest BCUT2D eigenvalue weighted by Crippen LogP contribution is 2.42. The van der Waals surface area contributed by atoms with Crippen LogP contribution < -0.4 is 9.47 Å². The number of methoxy groups -OCH3 is 2. The van der Waals surface area contributed by atoms with Gasteiger partial charge in [-0.1, -0.05) is 59.7 Å². The van der Waals surface area contributed by atoms with Gasteiger partial charge in [0.05, 0.1) is 47.3 Å². The molecular weight excluding hydrogens is 758 g/mol. The predicted octanol–water partition coefficient (Wildman–Crippen LogP) is 5.04. The van der Waals surface area contributed by atoms with Crippen molar-refractivity contribution in [3.8, 4) is 11.5 Å². The quantitative estimate of drug-likeness (QED) is 0.0208. The summed E-state index contributed by atoms with van der Waals surface area (Å²) < 4.78 is 51.1. The Labute approximate surface area is 336 Å². The molecule has 3 aromatic carbocycles. The van der Waals surface area contributed by atoms with Crippen molar-refractivity contribution in [3.05, 3.63) is 106 Å². The Morgan fingerprint density at radius 1 is 0.621 bits per heavy atom. The molecule has 312 valence electrons. The lowest BCUT2D eigenvalue weighted by Gasteiger charge is -2.39. The van der Waals surface area contributed by atoms with E-state index < -0.39 is 66.3 Å². The van der Waals surface area contributed by atoms with E-state index in [4.69, 9.17) is 48.2 Å². The van der Waals surface area contributed by atoms with E-state index >= 15 is 0 Å². The van der Waals surface area contributed by atoms with E-state index in [1.807, 2.05) is 30.3 Å². The lowest BCUT2D eigenvalue weighted by molar-refractivity contribution is -0.205. The number of carbonyl (C=O) groups is 5. The summed E-state index contributed by atoms with van der Waals surface area (Å²) >= 11 is 0. The molecule has 17 nitrogen and oxygen atoms in total. The van der Waals surface area contributed by atoms with Gasteiger partial charge in [0.25, 0.3) is 0 Å². The van der Waals surface area contributed by atoms with Crippen LogP contribution >= 0.6 is 0 Å². The second kappa shape index (κ2) is 23.9. The van der Waals surface area contributed by atoms with Crippen molar-refractivity contribution in [1.82, 2.24) is 0 Å². The predicted molar refractivity (Wildman–Crippen MR) is 206 cm³/mol. The summed E-state index contributed by atoms with van der Waals surface area (Å²) in [5, 5.41) is 3.36. The van der Waals surface area contributed by atoms with Gasteiger partial charge in [-0.25, -0.2) is 0 Å². The third-order valence-electron chi connectivity index (χ3n) is 8.42. The molecule has 3 rings (SSSR count). The molecule has 0 aromatic heterocycles. The largest absolute Gasteiger partial charge is 0.497 e. The van der Waals surface area contributed by atoms with Gasteiger partial charge < -0.3 is 42.6 Å². The first-order valence-corrected chi connectivity index (χ1v) is 18.2. The summed E-state index contributed by atoms with van der Waals surface area (Å²) in [6.07, 6.45) is -7.36. The minimum Gasteiger partial charge on any atom is -0.497 e. The van der Waals surface area contributed by atoms with Gasteiger partial charge in [0, 0.05) is 45.6 Å². The zero-order valence-electron chi connectivity index (χ0n) is 33.3. The fraction of sp³-hybridized carbons (Fsp3) is 0.439. The first kappa shape index (κ1) is 46.4. The number of hydrogen-bond acceptors (Lipinski definition) is 15. The molecule has 0 unspecified atom stereocenters. The van der Waals surface area contributed by atoms with Gasteiger partial charge in [-0.3, -0.25) is 24.0 Å². The zero-order valence-corrected chi connectivity index (χ0v) is 33.3. The van der Waals surface area contributed by atoms with Gasteiger partial charge in [-0.15, -0.1) is 0 Å². The number of carbonyl (C=O) groups excluding carboxylic acids is 5. The van der Waals surface area contributed by atoms with Crippen LogP contribution in [0.25, 0.3) is 10.4 Å². The van der Waals surface area contributed by atoms with E-state index in [0.717, 1.165) is 27.7 Å². The average molecular weight is 808 g/mol. The average Bonchev–Trinajstić information content (AvgIpc) is 3.20. The Hall–Kier alpha value is -6.00. The maximum absolute atomic E-state index is 13.8. The first-order chi connectivity index (χ1) is 27.9. The summed E-state index contributed by atoms with van der Waals surface area (Å²) in [6, 6.07) is 23.4. The first-order valence-electron chi connectivity index (χ1n) is 18.2. The number of ether oxygens (including phenoxy) is 9. The number of esters is 4. The van der Waals surface area contributed by atoms with Crippen LogP contribution in [0.15, 0.2) is 84.0 Å². The topological polar surface area (TPSA) is 217 Å². The third kappa shape index (κ3) is 13.9. The minimum atomic E-state index is -1.85. The highest BCUT2D eigenvalue weighted by atomic mass is 16.6. The Morgan fingerprint density at radius 2 is 1.10 bits per heavy atom. The monoisotopic (exact) mass is 807 g/mol. The van der Waals surface area contributed by atoms with Crippen LogP contribution in [-0.2, 0) is 62.7 Å². The highest BCUT2D eigenvalue weighted by Gasteiger charge is 2.48. The van der Waals surface area contributed by atoms with Crippen molar-refractivity contribution in [2.75, 3.05) is 53.8 Å². The molecule has 3 aromatic rings.